The number of rotatable bonds is 2. The van der Waals surface area contributed by atoms with Crippen LogP contribution in [0, 0.1) is 5.82 Å². The number of carbonyl (C=O) groups is 1. The maximum Gasteiger partial charge on any atom is 0.354 e. The van der Waals surface area contributed by atoms with E-state index in [4.69, 9.17) is 0 Å². The lowest BCUT2D eigenvalue weighted by atomic mass is 9.93. The summed E-state index contributed by atoms with van der Waals surface area (Å²) in [7, 11) is 0. The van der Waals surface area contributed by atoms with Gasteiger partial charge in [0.05, 0.1) is 11.4 Å². The minimum Gasteiger partial charge on any atom is -0.477 e. The third-order valence-corrected chi connectivity index (χ3v) is 3.54. The molecule has 0 fully saturated rings. The molecule has 0 aliphatic heterocycles. The Balaban J connectivity index is 2.28. The van der Waals surface area contributed by atoms with Crippen molar-refractivity contribution in [3.8, 4) is 11.3 Å². The van der Waals surface area contributed by atoms with E-state index < -0.39 is 11.8 Å². The topological polar surface area (TPSA) is 67.5 Å². The molecule has 2 aromatic heterocycles. The summed E-state index contributed by atoms with van der Waals surface area (Å²) in [6, 6.07) is 9.07. The Morgan fingerprint density at radius 1 is 1.22 bits per heavy atom. The molecule has 3 rings (SSSR count). The van der Waals surface area contributed by atoms with Crippen LogP contribution >= 0.6 is 0 Å². The molecule has 0 amide bonds. The molecule has 1 N–H and O–H groups in total. The van der Waals surface area contributed by atoms with Gasteiger partial charge in [-0.3, -0.25) is 0 Å². The number of aromatic carboxylic acids is 1. The molecule has 23 heavy (non-hydrogen) atoms. The van der Waals surface area contributed by atoms with Gasteiger partial charge in [-0.05, 0) is 18.2 Å². The maximum atomic E-state index is 13.4. The molecule has 0 saturated heterocycles. The molecule has 2 heterocycles. The average Bonchev–Trinajstić information content (AvgIpc) is 2.90. The zero-order chi connectivity index (χ0) is 16.8. The molecule has 0 aliphatic rings. The number of aromatic nitrogens is 3. The summed E-state index contributed by atoms with van der Waals surface area (Å²) < 4.78 is 14.7. The molecule has 0 radical (unpaired) electrons. The lowest BCUT2D eigenvalue weighted by Crippen LogP contribution is -2.13. The number of fused-ring (bicyclic) bond motifs is 1. The molecule has 118 valence electrons. The zero-order valence-electron chi connectivity index (χ0n) is 13.0. The van der Waals surface area contributed by atoms with Gasteiger partial charge in [0.1, 0.15) is 5.82 Å². The fraction of sp³-hybridized carbons (Fsp3) is 0.235. The number of hydrogen-bond acceptors (Lipinski definition) is 3. The minimum atomic E-state index is -1.11. The van der Waals surface area contributed by atoms with E-state index in [2.05, 4.69) is 10.1 Å². The summed E-state index contributed by atoms with van der Waals surface area (Å²) in [4.78, 5) is 16.0. The molecular formula is C17H16FN3O2. The number of halogens is 1. The Hall–Kier alpha value is -2.76. The van der Waals surface area contributed by atoms with E-state index >= 15 is 0 Å². The summed E-state index contributed by atoms with van der Waals surface area (Å²) >= 11 is 0. The maximum absolute atomic E-state index is 13.4. The van der Waals surface area contributed by atoms with Crippen molar-refractivity contribution in [2.24, 2.45) is 0 Å². The van der Waals surface area contributed by atoms with E-state index in [0.717, 1.165) is 5.69 Å². The summed E-state index contributed by atoms with van der Waals surface area (Å²) in [5.74, 6) is -1.51. The van der Waals surface area contributed by atoms with E-state index in [1.165, 1.54) is 22.7 Å². The van der Waals surface area contributed by atoms with Crippen molar-refractivity contribution in [1.82, 2.24) is 14.6 Å². The molecule has 0 unspecified atom stereocenters. The highest BCUT2D eigenvalue weighted by Crippen LogP contribution is 2.25. The number of benzene rings is 1. The van der Waals surface area contributed by atoms with Crippen LogP contribution in [0.1, 0.15) is 37.0 Å². The fourth-order valence-corrected chi connectivity index (χ4v) is 2.29. The first kappa shape index (κ1) is 15.1. The average molecular weight is 313 g/mol. The van der Waals surface area contributed by atoms with Crippen molar-refractivity contribution in [3.63, 3.8) is 0 Å². The van der Waals surface area contributed by atoms with Crippen LogP contribution < -0.4 is 0 Å². The molecule has 3 aromatic rings. The molecule has 1 aromatic carbocycles. The highest BCUT2D eigenvalue weighted by atomic mass is 19.1. The van der Waals surface area contributed by atoms with Crippen molar-refractivity contribution in [2.45, 2.75) is 26.2 Å². The van der Waals surface area contributed by atoms with Crippen LogP contribution in [0.25, 0.3) is 16.9 Å². The first-order valence-corrected chi connectivity index (χ1v) is 7.16. The SMILES string of the molecule is CC(C)(C)c1cc2nc(-c3cccc(F)c3)cc(C(=O)O)n2n1. The van der Waals surface area contributed by atoms with E-state index in [9.17, 15) is 14.3 Å². The van der Waals surface area contributed by atoms with Crippen LogP contribution in [-0.4, -0.2) is 25.7 Å². The Bertz CT molecular complexity index is 910. The van der Waals surface area contributed by atoms with E-state index in [0.29, 0.717) is 16.9 Å². The molecule has 5 nitrogen and oxygen atoms in total. The Morgan fingerprint density at radius 3 is 2.57 bits per heavy atom. The third-order valence-electron chi connectivity index (χ3n) is 3.54. The summed E-state index contributed by atoms with van der Waals surface area (Å²) in [6.45, 7) is 5.97. The van der Waals surface area contributed by atoms with Crippen LogP contribution in [0.2, 0.25) is 0 Å². The van der Waals surface area contributed by atoms with Gasteiger partial charge in [0.2, 0.25) is 0 Å². The van der Waals surface area contributed by atoms with Crippen molar-refractivity contribution in [3.05, 3.63) is 53.6 Å². The first-order chi connectivity index (χ1) is 10.8. The summed E-state index contributed by atoms with van der Waals surface area (Å²) in [5.41, 5.74) is 1.84. The second-order valence-electron chi connectivity index (χ2n) is 6.39. The number of hydrogen-bond donors (Lipinski definition) is 1. The highest BCUT2D eigenvalue weighted by molar-refractivity contribution is 5.88. The van der Waals surface area contributed by atoms with Gasteiger partial charge in [0.15, 0.2) is 11.3 Å². The van der Waals surface area contributed by atoms with Gasteiger partial charge >= 0.3 is 5.97 Å². The number of carboxylic acid groups (broad SMARTS) is 1. The standard InChI is InChI=1S/C17H16FN3O2/c1-17(2,3)14-9-15-19-12(10-5-4-6-11(18)7-10)8-13(16(22)23)21(15)20-14/h4-9H,1-3H3,(H,22,23). The van der Waals surface area contributed by atoms with Crippen molar-refractivity contribution < 1.29 is 14.3 Å². The van der Waals surface area contributed by atoms with E-state index in [1.807, 2.05) is 20.8 Å². The monoisotopic (exact) mass is 313 g/mol. The Kier molecular flexibility index (Phi) is 3.39. The van der Waals surface area contributed by atoms with Crippen LogP contribution in [0.4, 0.5) is 4.39 Å². The van der Waals surface area contributed by atoms with Crippen LogP contribution in [0.5, 0.6) is 0 Å². The van der Waals surface area contributed by atoms with Crippen molar-refractivity contribution >= 4 is 11.6 Å². The predicted molar refractivity (Wildman–Crippen MR) is 84.0 cm³/mol. The minimum absolute atomic E-state index is 0.00948. The van der Waals surface area contributed by atoms with Gasteiger partial charge in [-0.25, -0.2) is 18.7 Å². The van der Waals surface area contributed by atoms with Crippen molar-refractivity contribution in [2.75, 3.05) is 0 Å². The first-order valence-electron chi connectivity index (χ1n) is 7.16. The van der Waals surface area contributed by atoms with Gasteiger partial charge in [0, 0.05) is 17.0 Å². The van der Waals surface area contributed by atoms with Gasteiger partial charge in [-0.2, -0.15) is 5.10 Å². The van der Waals surface area contributed by atoms with E-state index in [1.54, 1.807) is 18.2 Å². The molecule has 0 spiro atoms. The Labute approximate surface area is 132 Å². The smallest absolute Gasteiger partial charge is 0.354 e. The largest absolute Gasteiger partial charge is 0.477 e. The van der Waals surface area contributed by atoms with Crippen LogP contribution in [0.3, 0.4) is 0 Å². The molecule has 6 heteroatoms. The highest BCUT2D eigenvalue weighted by Gasteiger charge is 2.21. The summed E-state index contributed by atoms with van der Waals surface area (Å²) in [5, 5.41) is 13.8. The van der Waals surface area contributed by atoms with Gasteiger partial charge in [-0.1, -0.05) is 32.9 Å². The number of carboxylic acids is 1. The van der Waals surface area contributed by atoms with E-state index in [-0.39, 0.29) is 11.1 Å². The van der Waals surface area contributed by atoms with Crippen molar-refractivity contribution in [1.29, 1.82) is 0 Å². The van der Waals surface area contributed by atoms with Gasteiger partial charge < -0.3 is 5.11 Å². The second-order valence-corrected chi connectivity index (χ2v) is 6.39. The van der Waals surface area contributed by atoms with Crippen LogP contribution in [0.15, 0.2) is 36.4 Å². The quantitative estimate of drug-likeness (QED) is 0.786. The van der Waals surface area contributed by atoms with Gasteiger partial charge in [0.25, 0.3) is 0 Å². The predicted octanol–water partition coefficient (Wildman–Crippen LogP) is 3.53. The summed E-state index contributed by atoms with van der Waals surface area (Å²) in [6.07, 6.45) is 0. The number of nitrogens with zero attached hydrogens (tertiary/aromatic N) is 3. The fourth-order valence-electron chi connectivity index (χ4n) is 2.29. The third kappa shape index (κ3) is 2.79. The Morgan fingerprint density at radius 2 is 1.96 bits per heavy atom. The van der Waals surface area contributed by atoms with Crippen LogP contribution in [-0.2, 0) is 5.41 Å². The lowest BCUT2D eigenvalue weighted by Gasteiger charge is -2.13. The molecule has 0 aliphatic carbocycles. The second kappa shape index (κ2) is 5.15. The molecule has 0 atom stereocenters. The normalized spacial score (nSPS) is 11.8. The molecule has 0 bridgehead atoms. The van der Waals surface area contributed by atoms with Gasteiger partial charge in [-0.15, -0.1) is 0 Å². The lowest BCUT2D eigenvalue weighted by molar-refractivity contribution is 0.0687. The molecule has 0 saturated carbocycles. The molecular weight excluding hydrogens is 297 g/mol. The zero-order valence-corrected chi connectivity index (χ0v) is 13.0.